The number of ketones is 1. The molecule has 0 radical (unpaired) electrons. The second kappa shape index (κ2) is 8.02. The van der Waals surface area contributed by atoms with Crippen LogP contribution in [0, 0.1) is 6.92 Å². The van der Waals surface area contributed by atoms with E-state index in [1.54, 1.807) is 36.7 Å². The van der Waals surface area contributed by atoms with E-state index < -0.39 is 17.7 Å². The van der Waals surface area contributed by atoms with E-state index in [2.05, 4.69) is 9.97 Å². The summed E-state index contributed by atoms with van der Waals surface area (Å²) in [5.74, 6) is -0.937. The monoisotopic (exact) mass is 483 g/mol. The molecule has 4 heterocycles. The molecule has 0 saturated carbocycles. The number of carbonyl (C=O) groups is 2. The Morgan fingerprint density at radius 3 is 2.83 bits per heavy atom. The molecule has 174 valence electrons. The zero-order valence-corrected chi connectivity index (χ0v) is 19.9. The van der Waals surface area contributed by atoms with Gasteiger partial charge in [0.15, 0.2) is 5.13 Å². The second-order valence-electron chi connectivity index (χ2n) is 8.88. The van der Waals surface area contributed by atoms with Crippen molar-refractivity contribution in [3.05, 3.63) is 88.8 Å². The van der Waals surface area contributed by atoms with Gasteiger partial charge in [-0.05, 0) is 66.9 Å². The van der Waals surface area contributed by atoms with Gasteiger partial charge in [0.1, 0.15) is 17.6 Å². The maximum atomic E-state index is 13.4. The summed E-state index contributed by atoms with van der Waals surface area (Å²) in [6.07, 6.45) is 3.98. The number of thiazole rings is 1. The number of ether oxygens (including phenoxy) is 1. The van der Waals surface area contributed by atoms with Crippen molar-refractivity contribution < 1.29 is 19.4 Å². The lowest BCUT2D eigenvalue weighted by atomic mass is 9.95. The molecule has 6 rings (SSSR count). The van der Waals surface area contributed by atoms with Crippen LogP contribution in [0.1, 0.15) is 35.2 Å². The zero-order chi connectivity index (χ0) is 24.3. The van der Waals surface area contributed by atoms with Crippen LogP contribution < -0.4 is 9.64 Å². The third kappa shape index (κ3) is 3.49. The van der Waals surface area contributed by atoms with Crippen molar-refractivity contribution in [1.29, 1.82) is 0 Å². The lowest BCUT2D eigenvalue weighted by Gasteiger charge is -2.22. The minimum Gasteiger partial charge on any atom is -0.507 e. The van der Waals surface area contributed by atoms with Gasteiger partial charge in [0.05, 0.1) is 21.8 Å². The number of aryl methyl sites for hydroxylation is 1. The van der Waals surface area contributed by atoms with Crippen LogP contribution in [0.15, 0.2) is 66.5 Å². The highest BCUT2D eigenvalue weighted by Gasteiger charge is 2.48. The van der Waals surface area contributed by atoms with Crippen molar-refractivity contribution in [1.82, 2.24) is 9.97 Å². The van der Waals surface area contributed by atoms with E-state index in [0.29, 0.717) is 22.7 Å². The van der Waals surface area contributed by atoms with Gasteiger partial charge in [-0.1, -0.05) is 23.5 Å². The first-order valence-corrected chi connectivity index (χ1v) is 12.1. The average molecular weight is 484 g/mol. The molecule has 2 atom stereocenters. The molecule has 2 aromatic carbocycles. The molecule has 1 saturated heterocycles. The van der Waals surface area contributed by atoms with Gasteiger partial charge in [0, 0.05) is 24.4 Å². The molecule has 1 amide bonds. The Hall–Kier alpha value is -4.04. The number of benzene rings is 2. The Morgan fingerprint density at radius 2 is 2.03 bits per heavy atom. The summed E-state index contributed by atoms with van der Waals surface area (Å²) in [4.78, 5) is 37.0. The number of anilines is 1. The molecule has 0 spiro atoms. The highest BCUT2D eigenvalue weighted by Crippen LogP contribution is 2.44. The minimum atomic E-state index is -0.853. The fourth-order valence-corrected chi connectivity index (χ4v) is 5.82. The van der Waals surface area contributed by atoms with Crippen molar-refractivity contribution in [2.24, 2.45) is 0 Å². The van der Waals surface area contributed by atoms with Crippen LogP contribution in [0.3, 0.4) is 0 Å². The first kappa shape index (κ1) is 21.5. The lowest BCUT2D eigenvalue weighted by Crippen LogP contribution is -2.29. The Morgan fingerprint density at radius 1 is 1.17 bits per heavy atom. The number of carbonyl (C=O) groups excluding carboxylic acids is 2. The normalized spacial score (nSPS) is 20.9. The number of hydrogen-bond donors (Lipinski definition) is 1. The van der Waals surface area contributed by atoms with Crippen LogP contribution in [0.5, 0.6) is 5.75 Å². The van der Waals surface area contributed by atoms with Gasteiger partial charge in [0.25, 0.3) is 5.78 Å². The summed E-state index contributed by atoms with van der Waals surface area (Å²) >= 11 is 1.34. The summed E-state index contributed by atoms with van der Waals surface area (Å²) in [5, 5.41) is 11.8. The van der Waals surface area contributed by atoms with Gasteiger partial charge in [-0.2, -0.15) is 0 Å². The summed E-state index contributed by atoms with van der Waals surface area (Å²) in [5.41, 5.74) is 3.87. The zero-order valence-electron chi connectivity index (χ0n) is 19.1. The van der Waals surface area contributed by atoms with Crippen LogP contribution in [0.2, 0.25) is 0 Å². The van der Waals surface area contributed by atoms with Crippen molar-refractivity contribution in [2.45, 2.75) is 32.4 Å². The third-order valence-corrected chi connectivity index (χ3v) is 7.37. The van der Waals surface area contributed by atoms with Gasteiger partial charge < -0.3 is 9.84 Å². The molecule has 1 N–H and O–H groups in total. The molecular formula is C27H21N3O4S. The number of hydrogen-bond acceptors (Lipinski definition) is 7. The predicted molar refractivity (Wildman–Crippen MR) is 134 cm³/mol. The summed E-state index contributed by atoms with van der Waals surface area (Å²) in [6.45, 7) is 3.97. The van der Waals surface area contributed by atoms with Gasteiger partial charge in [0.2, 0.25) is 0 Å². The second-order valence-corrected chi connectivity index (χ2v) is 9.89. The lowest BCUT2D eigenvalue weighted by molar-refractivity contribution is -0.132. The van der Waals surface area contributed by atoms with Crippen molar-refractivity contribution in [3.63, 3.8) is 0 Å². The van der Waals surface area contributed by atoms with Gasteiger partial charge in [-0.15, -0.1) is 0 Å². The molecular weight excluding hydrogens is 462 g/mol. The van der Waals surface area contributed by atoms with E-state index in [4.69, 9.17) is 4.74 Å². The molecule has 2 aromatic heterocycles. The molecule has 8 heteroatoms. The molecule has 4 aromatic rings. The molecule has 7 nitrogen and oxygen atoms in total. The average Bonchev–Trinajstić information content (AvgIpc) is 3.51. The minimum absolute atomic E-state index is 0.0188. The first-order chi connectivity index (χ1) is 16.9. The molecule has 0 aliphatic carbocycles. The third-order valence-electron chi connectivity index (χ3n) is 6.35. The topological polar surface area (TPSA) is 92.6 Å². The summed E-state index contributed by atoms with van der Waals surface area (Å²) < 4.78 is 6.68. The van der Waals surface area contributed by atoms with Crippen LogP contribution in [-0.4, -0.2) is 32.9 Å². The molecule has 0 bridgehead atoms. The SMILES string of the molecule is Cc1ccc2nc(N3C(=O)C(=O)C(=C(O)c4ccc5c(c4)C[C@@H](C)O5)[C@H]3c3cccnc3)sc2c1. The number of Topliss-reactive ketones (excluding diaryl/α,β-unsaturated/α-hetero) is 1. The van der Waals surface area contributed by atoms with Gasteiger partial charge >= 0.3 is 5.91 Å². The van der Waals surface area contributed by atoms with Crippen LogP contribution in [0.4, 0.5) is 5.13 Å². The summed E-state index contributed by atoms with van der Waals surface area (Å²) in [7, 11) is 0. The highest BCUT2D eigenvalue weighted by atomic mass is 32.1. The fourth-order valence-electron chi connectivity index (χ4n) is 4.73. The molecule has 2 aliphatic rings. The number of aliphatic hydroxyl groups is 1. The standard InChI is InChI=1S/C27H21N3O4S/c1-14-5-7-19-21(10-14)35-27(29-19)30-23(17-4-3-9-28-13-17)22(25(32)26(30)33)24(31)16-6-8-20-18(12-16)11-15(2)34-20/h3-10,12-13,15,23,31H,11H2,1-2H3/t15-,23-/m1/s1. The van der Waals surface area contributed by atoms with Crippen molar-refractivity contribution in [3.8, 4) is 5.75 Å². The smallest absolute Gasteiger partial charge is 0.301 e. The van der Waals surface area contributed by atoms with Crippen LogP contribution in [0.25, 0.3) is 16.0 Å². The Balaban J connectivity index is 1.53. The van der Waals surface area contributed by atoms with Crippen LogP contribution in [-0.2, 0) is 16.0 Å². The highest BCUT2D eigenvalue weighted by molar-refractivity contribution is 7.22. The van der Waals surface area contributed by atoms with E-state index in [1.165, 1.54) is 16.2 Å². The van der Waals surface area contributed by atoms with Gasteiger partial charge in [-0.3, -0.25) is 19.5 Å². The van der Waals surface area contributed by atoms with E-state index in [-0.39, 0.29) is 17.4 Å². The van der Waals surface area contributed by atoms with Crippen LogP contribution >= 0.6 is 11.3 Å². The van der Waals surface area contributed by atoms with E-state index in [1.807, 2.05) is 38.1 Å². The number of aromatic nitrogens is 2. The summed E-state index contributed by atoms with van der Waals surface area (Å²) in [6, 6.07) is 13.9. The first-order valence-electron chi connectivity index (χ1n) is 11.3. The number of pyridine rings is 1. The molecule has 2 aliphatic heterocycles. The van der Waals surface area contributed by atoms with E-state index in [9.17, 15) is 14.7 Å². The molecule has 0 unspecified atom stereocenters. The number of aliphatic hydroxyl groups excluding tert-OH is 1. The maximum absolute atomic E-state index is 13.4. The quantitative estimate of drug-likeness (QED) is 0.252. The predicted octanol–water partition coefficient (Wildman–Crippen LogP) is 4.95. The largest absolute Gasteiger partial charge is 0.507 e. The van der Waals surface area contributed by atoms with Crippen molar-refractivity contribution >= 4 is 44.1 Å². The number of fused-ring (bicyclic) bond motifs is 2. The Bertz CT molecular complexity index is 1540. The Kier molecular flexibility index (Phi) is 4.93. The Labute approximate surface area is 205 Å². The molecule has 35 heavy (non-hydrogen) atoms. The van der Waals surface area contributed by atoms with E-state index >= 15 is 0 Å². The number of amides is 1. The number of rotatable bonds is 3. The van der Waals surface area contributed by atoms with Gasteiger partial charge in [-0.25, -0.2) is 4.98 Å². The van der Waals surface area contributed by atoms with E-state index in [0.717, 1.165) is 27.1 Å². The maximum Gasteiger partial charge on any atom is 0.301 e. The fraction of sp³-hybridized carbons (Fsp3) is 0.185. The number of nitrogens with zero attached hydrogens (tertiary/aromatic N) is 3. The molecule has 1 fully saturated rings. The van der Waals surface area contributed by atoms with Crippen molar-refractivity contribution in [2.75, 3.05) is 4.90 Å².